The topological polar surface area (TPSA) is 74.2 Å². The predicted octanol–water partition coefficient (Wildman–Crippen LogP) is 2.26. The summed E-state index contributed by atoms with van der Waals surface area (Å²) in [5.74, 6) is 1.89. The number of rotatable bonds is 7. The van der Waals surface area contributed by atoms with E-state index in [-0.39, 0.29) is 12.0 Å². The van der Waals surface area contributed by atoms with Gasteiger partial charge in [0.05, 0.1) is 0 Å². The lowest BCUT2D eigenvalue weighted by Crippen LogP contribution is -2.11. The highest BCUT2D eigenvalue weighted by Gasteiger charge is 2.22. The van der Waals surface area contributed by atoms with Crippen LogP contribution in [-0.2, 0) is 4.74 Å². The largest absolute Gasteiger partial charge is 0.373 e. The lowest BCUT2D eigenvalue weighted by atomic mass is 10.1. The summed E-state index contributed by atoms with van der Waals surface area (Å²) in [6.07, 6.45) is 1.84. The van der Waals surface area contributed by atoms with Crippen LogP contribution in [0.15, 0.2) is 4.52 Å². The fourth-order valence-corrected chi connectivity index (χ4v) is 1.79. The molecule has 2 atom stereocenters. The first-order valence-corrected chi connectivity index (χ1v) is 6.16. The quantitative estimate of drug-likeness (QED) is 0.792. The monoisotopic (exact) mass is 241 g/mol. The molecule has 0 saturated carbocycles. The second-order valence-corrected chi connectivity index (χ2v) is 4.72. The number of nitrogens with two attached hydrogens (primary N) is 1. The van der Waals surface area contributed by atoms with Crippen molar-refractivity contribution < 1.29 is 9.26 Å². The van der Waals surface area contributed by atoms with Gasteiger partial charge in [0.2, 0.25) is 11.7 Å². The van der Waals surface area contributed by atoms with Crippen molar-refractivity contribution in [1.29, 1.82) is 0 Å². The Balaban J connectivity index is 2.69. The van der Waals surface area contributed by atoms with E-state index in [1.165, 1.54) is 0 Å². The van der Waals surface area contributed by atoms with Crippen molar-refractivity contribution in [2.45, 2.75) is 45.6 Å². The van der Waals surface area contributed by atoms with Gasteiger partial charge in [0, 0.05) is 13.0 Å². The van der Waals surface area contributed by atoms with Gasteiger partial charge in [-0.2, -0.15) is 4.98 Å². The Labute approximate surface area is 103 Å². The highest BCUT2D eigenvalue weighted by molar-refractivity contribution is 4.96. The van der Waals surface area contributed by atoms with E-state index in [0.717, 1.165) is 12.8 Å². The molecule has 0 aliphatic rings. The predicted molar refractivity (Wildman–Crippen MR) is 65.6 cm³/mol. The zero-order chi connectivity index (χ0) is 12.8. The van der Waals surface area contributed by atoms with Crippen LogP contribution in [0.5, 0.6) is 0 Å². The highest BCUT2D eigenvalue weighted by atomic mass is 16.5. The van der Waals surface area contributed by atoms with Crippen LogP contribution in [0.2, 0.25) is 0 Å². The molecule has 2 unspecified atom stereocenters. The van der Waals surface area contributed by atoms with Crippen LogP contribution in [0.3, 0.4) is 0 Å². The van der Waals surface area contributed by atoms with Gasteiger partial charge in [-0.05, 0) is 25.3 Å². The number of ether oxygens (including phenoxy) is 1. The molecule has 0 aliphatic carbocycles. The molecule has 0 fully saturated rings. The number of nitrogens with zero attached hydrogens (tertiary/aromatic N) is 2. The molecular formula is C12H23N3O2. The summed E-state index contributed by atoms with van der Waals surface area (Å²) in [4.78, 5) is 4.41. The van der Waals surface area contributed by atoms with Crippen molar-refractivity contribution >= 4 is 0 Å². The molecule has 5 heteroatoms. The lowest BCUT2D eigenvalue weighted by Gasteiger charge is -2.14. The SMILES string of the molecule is COC(c1noc(C(C)CCCN)n1)C(C)C. The van der Waals surface area contributed by atoms with Crippen molar-refractivity contribution in [1.82, 2.24) is 10.1 Å². The minimum atomic E-state index is -0.103. The van der Waals surface area contributed by atoms with Crippen molar-refractivity contribution in [2.75, 3.05) is 13.7 Å². The van der Waals surface area contributed by atoms with Gasteiger partial charge >= 0.3 is 0 Å². The molecule has 2 N–H and O–H groups in total. The van der Waals surface area contributed by atoms with Gasteiger partial charge in [0.25, 0.3) is 0 Å². The Hall–Kier alpha value is -0.940. The summed E-state index contributed by atoms with van der Waals surface area (Å²) >= 11 is 0. The van der Waals surface area contributed by atoms with E-state index in [1.807, 2.05) is 0 Å². The number of aromatic nitrogens is 2. The van der Waals surface area contributed by atoms with Crippen LogP contribution >= 0.6 is 0 Å². The van der Waals surface area contributed by atoms with Gasteiger partial charge in [-0.15, -0.1) is 0 Å². The van der Waals surface area contributed by atoms with E-state index in [2.05, 4.69) is 30.9 Å². The molecule has 0 aromatic carbocycles. The van der Waals surface area contributed by atoms with Crippen molar-refractivity contribution in [3.05, 3.63) is 11.7 Å². The molecule has 0 aliphatic heterocycles. The van der Waals surface area contributed by atoms with E-state index >= 15 is 0 Å². The number of hydrogen-bond donors (Lipinski definition) is 1. The van der Waals surface area contributed by atoms with Crippen LogP contribution in [0.4, 0.5) is 0 Å². The fraction of sp³-hybridized carbons (Fsp3) is 0.833. The second kappa shape index (κ2) is 6.71. The average Bonchev–Trinajstić information content (AvgIpc) is 2.75. The van der Waals surface area contributed by atoms with E-state index in [1.54, 1.807) is 7.11 Å². The van der Waals surface area contributed by atoms with E-state index in [0.29, 0.717) is 24.2 Å². The Morgan fingerprint density at radius 3 is 2.59 bits per heavy atom. The van der Waals surface area contributed by atoms with Gasteiger partial charge in [-0.1, -0.05) is 25.9 Å². The van der Waals surface area contributed by atoms with Gasteiger partial charge < -0.3 is 15.0 Å². The van der Waals surface area contributed by atoms with Crippen LogP contribution in [-0.4, -0.2) is 23.8 Å². The van der Waals surface area contributed by atoms with Crippen LogP contribution < -0.4 is 5.73 Å². The molecular weight excluding hydrogens is 218 g/mol. The van der Waals surface area contributed by atoms with Crippen LogP contribution in [0.1, 0.15) is 57.3 Å². The van der Waals surface area contributed by atoms with Crippen molar-refractivity contribution in [3.8, 4) is 0 Å². The molecule has 1 heterocycles. The molecule has 98 valence electrons. The van der Waals surface area contributed by atoms with Crippen molar-refractivity contribution in [2.24, 2.45) is 11.7 Å². The first-order chi connectivity index (χ1) is 8.10. The summed E-state index contributed by atoms with van der Waals surface area (Å²) in [6, 6.07) is 0. The Bertz CT molecular complexity index is 325. The Kier molecular flexibility index (Phi) is 5.58. The maximum Gasteiger partial charge on any atom is 0.229 e. The van der Waals surface area contributed by atoms with Gasteiger partial charge in [-0.25, -0.2) is 0 Å². The molecule has 0 saturated heterocycles. The second-order valence-electron chi connectivity index (χ2n) is 4.72. The number of methoxy groups -OCH3 is 1. The zero-order valence-electron chi connectivity index (χ0n) is 11.1. The molecule has 0 amide bonds. The standard InChI is InChI=1S/C12H23N3O2/c1-8(2)10(16-4)11-14-12(17-15-11)9(3)6-5-7-13/h8-10H,5-7,13H2,1-4H3. The molecule has 0 bridgehead atoms. The van der Waals surface area contributed by atoms with Crippen LogP contribution in [0, 0.1) is 5.92 Å². The van der Waals surface area contributed by atoms with Gasteiger partial charge in [0.1, 0.15) is 6.10 Å². The lowest BCUT2D eigenvalue weighted by molar-refractivity contribution is 0.0555. The fourth-order valence-electron chi connectivity index (χ4n) is 1.79. The van der Waals surface area contributed by atoms with Crippen LogP contribution in [0.25, 0.3) is 0 Å². The van der Waals surface area contributed by atoms with Gasteiger partial charge in [0.15, 0.2) is 0 Å². The minimum absolute atomic E-state index is 0.103. The molecule has 1 rings (SSSR count). The van der Waals surface area contributed by atoms with E-state index < -0.39 is 0 Å². The normalized spacial score (nSPS) is 15.2. The maximum absolute atomic E-state index is 5.48. The molecule has 0 radical (unpaired) electrons. The molecule has 5 nitrogen and oxygen atoms in total. The summed E-state index contributed by atoms with van der Waals surface area (Å²) in [5.41, 5.74) is 5.48. The molecule has 1 aromatic rings. The average molecular weight is 241 g/mol. The third kappa shape index (κ3) is 3.78. The third-order valence-corrected chi connectivity index (χ3v) is 2.83. The summed E-state index contributed by atoms with van der Waals surface area (Å²) in [5, 5.41) is 4.00. The zero-order valence-corrected chi connectivity index (χ0v) is 11.1. The van der Waals surface area contributed by atoms with Crippen molar-refractivity contribution in [3.63, 3.8) is 0 Å². The first kappa shape index (κ1) is 14.1. The molecule has 1 aromatic heterocycles. The summed E-state index contributed by atoms with van der Waals surface area (Å²) < 4.78 is 10.6. The Morgan fingerprint density at radius 1 is 1.35 bits per heavy atom. The summed E-state index contributed by atoms with van der Waals surface area (Å²) in [6.45, 7) is 6.91. The van der Waals surface area contributed by atoms with Gasteiger partial charge in [-0.3, -0.25) is 0 Å². The number of hydrogen-bond acceptors (Lipinski definition) is 5. The molecule has 17 heavy (non-hydrogen) atoms. The smallest absolute Gasteiger partial charge is 0.229 e. The maximum atomic E-state index is 5.48. The minimum Gasteiger partial charge on any atom is -0.373 e. The van der Waals surface area contributed by atoms with E-state index in [4.69, 9.17) is 15.0 Å². The molecule has 0 spiro atoms. The summed E-state index contributed by atoms with van der Waals surface area (Å²) in [7, 11) is 1.67. The van der Waals surface area contributed by atoms with E-state index in [9.17, 15) is 0 Å². The highest BCUT2D eigenvalue weighted by Crippen LogP contribution is 2.25. The Morgan fingerprint density at radius 2 is 2.06 bits per heavy atom. The first-order valence-electron chi connectivity index (χ1n) is 6.16. The third-order valence-electron chi connectivity index (χ3n) is 2.83.